The molecule has 6 heteroatoms. The molecule has 5 nitrogen and oxygen atoms in total. The molecule has 2 N–H and O–H groups in total. The highest BCUT2D eigenvalue weighted by atomic mass is 35.5. The van der Waals surface area contributed by atoms with Crippen molar-refractivity contribution in [2.24, 2.45) is 0 Å². The molecule has 0 saturated carbocycles. The monoisotopic (exact) mass is 225 g/mol. The van der Waals surface area contributed by atoms with Crippen LogP contribution in [-0.4, -0.2) is 27.5 Å². The van der Waals surface area contributed by atoms with Crippen LogP contribution < -0.4 is 10.6 Å². The molecule has 0 unspecified atom stereocenters. The van der Waals surface area contributed by atoms with Gasteiger partial charge in [-0.25, -0.2) is 0 Å². The first-order valence-electron chi connectivity index (χ1n) is 4.47. The van der Waals surface area contributed by atoms with E-state index in [2.05, 4.69) is 31.5 Å². The molecule has 0 saturated heterocycles. The van der Waals surface area contributed by atoms with Crippen molar-refractivity contribution in [1.82, 2.24) is 15.0 Å². The lowest BCUT2D eigenvalue weighted by Gasteiger charge is -2.09. The third-order valence-electron chi connectivity index (χ3n) is 1.37. The van der Waals surface area contributed by atoms with Crippen molar-refractivity contribution in [3.8, 4) is 12.3 Å². The first-order chi connectivity index (χ1) is 7.11. The number of terminal acetylenes is 1. The maximum atomic E-state index is 5.72. The Balaban J connectivity index is 2.81. The molecule has 0 radical (unpaired) electrons. The topological polar surface area (TPSA) is 62.7 Å². The molecule has 0 spiro atoms. The number of halogens is 1. The predicted octanol–water partition coefficient (Wildman–Crippen LogP) is 1.39. The van der Waals surface area contributed by atoms with Crippen LogP contribution in [-0.2, 0) is 0 Å². The molecule has 1 aromatic rings. The van der Waals surface area contributed by atoms with Gasteiger partial charge in [0, 0.05) is 6.04 Å². The van der Waals surface area contributed by atoms with Gasteiger partial charge in [0.25, 0.3) is 0 Å². The van der Waals surface area contributed by atoms with Crippen LogP contribution in [0.1, 0.15) is 13.8 Å². The van der Waals surface area contributed by atoms with Gasteiger partial charge in [0.05, 0.1) is 6.54 Å². The minimum absolute atomic E-state index is 0.132. The zero-order chi connectivity index (χ0) is 11.3. The van der Waals surface area contributed by atoms with Gasteiger partial charge in [0.15, 0.2) is 0 Å². The van der Waals surface area contributed by atoms with Crippen molar-refractivity contribution in [2.45, 2.75) is 19.9 Å². The molecule has 0 atom stereocenters. The van der Waals surface area contributed by atoms with Crippen LogP contribution in [0.2, 0.25) is 5.28 Å². The van der Waals surface area contributed by atoms with E-state index in [0.717, 1.165) is 0 Å². The third-order valence-corrected chi connectivity index (χ3v) is 1.54. The molecular formula is C9H12ClN5. The Morgan fingerprint density at radius 1 is 1.33 bits per heavy atom. The van der Waals surface area contributed by atoms with Gasteiger partial charge in [-0.1, -0.05) is 5.92 Å². The van der Waals surface area contributed by atoms with E-state index in [4.69, 9.17) is 18.0 Å². The van der Waals surface area contributed by atoms with Crippen molar-refractivity contribution in [3.63, 3.8) is 0 Å². The fraction of sp³-hybridized carbons (Fsp3) is 0.444. The Morgan fingerprint density at radius 2 is 2.00 bits per heavy atom. The van der Waals surface area contributed by atoms with E-state index in [1.807, 2.05) is 13.8 Å². The Kier molecular flexibility index (Phi) is 4.13. The second kappa shape index (κ2) is 5.37. The highest BCUT2D eigenvalue weighted by molar-refractivity contribution is 6.28. The number of hydrogen-bond donors (Lipinski definition) is 2. The maximum absolute atomic E-state index is 5.72. The normalized spacial score (nSPS) is 9.80. The summed E-state index contributed by atoms with van der Waals surface area (Å²) in [6.45, 7) is 4.31. The van der Waals surface area contributed by atoms with Crippen LogP contribution in [0.5, 0.6) is 0 Å². The van der Waals surface area contributed by atoms with E-state index in [0.29, 0.717) is 18.4 Å². The zero-order valence-corrected chi connectivity index (χ0v) is 9.34. The van der Waals surface area contributed by atoms with Crippen LogP contribution in [0.3, 0.4) is 0 Å². The molecule has 0 fully saturated rings. The molecule has 0 aliphatic heterocycles. The van der Waals surface area contributed by atoms with Gasteiger partial charge in [0.1, 0.15) is 0 Å². The fourth-order valence-electron chi connectivity index (χ4n) is 0.882. The first-order valence-corrected chi connectivity index (χ1v) is 4.85. The van der Waals surface area contributed by atoms with Gasteiger partial charge in [-0.15, -0.1) is 6.42 Å². The van der Waals surface area contributed by atoms with Crippen LogP contribution in [0, 0.1) is 12.3 Å². The molecule has 1 heterocycles. The second-order valence-electron chi connectivity index (χ2n) is 3.11. The van der Waals surface area contributed by atoms with E-state index < -0.39 is 0 Å². The maximum Gasteiger partial charge on any atom is 0.229 e. The number of hydrogen-bond acceptors (Lipinski definition) is 5. The molecule has 0 aromatic carbocycles. The molecule has 15 heavy (non-hydrogen) atoms. The average Bonchev–Trinajstić information content (AvgIpc) is 2.12. The summed E-state index contributed by atoms with van der Waals surface area (Å²) >= 11 is 5.72. The lowest BCUT2D eigenvalue weighted by atomic mass is 10.4. The summed E-state index contributed by atoms with van der Waals surface area (Å²) in [4.78, 5) is 11.9. The van der Waals surface area contributed by atoms with E-state index >= 15 is 0 Å². The molecule has 1 rings (SSSR count). The molecular weight excluding hydrogens is 214 g/mol. The number of rotatable bonds is 4. The highest BCUT2D eigenvalue weighted by Gasteiger charge is 2.04. The number of nitrogens with zero attached hydrogens (tertiary/aromatic N) is 3. The summed E-state index contributed by atoms with van der Waals surface area (Å²) in [6.07, 6.45) is 5.10. The lowest BCUT2D eigenvalue weighted by Crippen LogP contribution is -2.14. The summed E-state index contributed by atoms with van der Waals surface area (Å²) in [7, 11) is 0. The lowest BCUT2D eigenvalue weighted by molar-refractivity contribution is 0.867. The van der Waals surface area contributed by atoms with E-state index in [9.17, 15) is 0 Å². The molecule has 0 bridgehead atoms. The van der Waals surface area contributed by atoms with Gasteiger partial charge in [-0.2, -0.15) is 15.0 Å². The van der Waals surface area contributed by atoms with Gasteiger partial charge in [-0.3, -0.25) is 0 Å². The summed E-state index contributed by atoms with van der Waals surface area (Å²) in [5.41, 5.74) is 0. The van der Waals surface area contributed by atoms with Crippen LogP contribution in [0.25, 0.3) is 0 Å². The summed E-state index contributed by atoms with van der Waals surface area (Å²) in [5.74, 6) is 3.23. The number of anilines is 2. The molecule has 1 aromatic heterocycles. The minimum atomic E-state index is 0.132. The van der Waals surface area contributed by atoms with E-state index in [1.54, 1.807) is 0 Å². The van der Waals surface area contributed by atoms with E-state index in [-0.39, 0.29) is 11.3 Å². The van der Waals surface area contributed by atoms with Crippen LogP contribution in [0.4, 0.5) is 11.9 Å². The Bertz CT molecular complexity index is 371. The summed E-state index contributed by atoms with van der Waals surface area (Å²) < 4.78 is 0. The van der Waals surface area contributed by atoms with Crippen molar-refractivity contribution in [2.75, 3.05) is 17.2 Å². The second-order valence-corrected chi connectivity index (χ2v) is 3.45. The Labute approximate surface area is 93.7 Å². The fourth-order valence-corrected chi connectivity index (χ4v) is 1.04. The number of nitrogens with one attached hydrogen (secondary N) is 2. The minimum Gasteiger partial charge on any atom is -0.352 e. The number of aromatic nitrogens is 3. The molecule has 0 aliphatic rings. The SMILES string of the molecule is C#CCNc1nc(Cl)nc(NC(C)C)n1. The van der Waals surface area contributed by atoms with Crippen molar-refractivity contribution < 1.29 is 0 Å². The van der Waals surface area contributed by atoms with E-state index in [1.165, 1.54) is 0 Å². The zero-order valence-electron chi connectivity index (χ0n) is 8.58. The summed E-state index contributed by atoms with van der Waals surface area (Å²) in [6, 6.07) is 0.226. The van der Waals surface area contributed by atoms with Gasteiger partial charge < -0.3 is 10.6 Å². The quantitative estimate of drug-likeness (QED) is 0.759. The highest BCUT2D eigenvalue weighted by Crippen LogP contribution is 2.09. The molecule has 80 valence electrons. The average molecular weight is 226 g/mol. The smallest absolute Gasteiger partial charge is 0.229 e. The van der Waals surface area contributed by atoms with Crippen LogP contribution in [0.15, 0.2) is 0 Å². The largest absolute Gasteiger partial charge is 0.352 e. The summed E-state index contributed by atoms with van der Waals surface area (Å²) in [5, 5.41) is 5.98. The third kappa shape index (κ3) is 4.00. The molecule has 0 amide bonds. The van der Waals surface area contributed by atoms with Gasteiger partial charge in [0.2, 0.25) is 17.2 Å². The predicted molar refractivity (Wildman–Crippen MR) is 60.9 cm³/mol. The van der Waals surface area contributed by atoms with Crippen molar-refractivity contribution in [1.29, 1.82) is 0 Å². The first kappa shape index (κ1) is 11.5. The van der Waals surface area contributed by atoms with Crippen molar-refractivity contribution >= 4 is 23.5 Å². The van der Waals surface area contributed by atoms with Gasteiger partial charge >= 0.3 is 0 Å². The van der Waals surface area contributed by atoms with Gasteiger partial charge in [-0.05, 0) is 25.4 Å². The Morgan fingerprint density at radius 3 is 2.60 bits per heavy atom. The standard InChI is InChI=1S/C9H12ClN5/c1-4-5-11-8-13-7(10)14-9(15-8)12-6(2)3/h1,6H,5H2,2-3H3,(H2,11,12,13,14,15). The molecule has 0 aliphatic carbocycles. The van der Waals surface area contributed by atoms with Crippen LogP contribution >= 0.6 is 11.6 Å². The van der Waals surface area contributed by atoms with Crippen molar-refractivity contribution in [3.05, 3.63) is 5.28 Å². The Hall–Kier alpha value is -1.54.